The Hall–Kier alpha value is -0.370. The van der Waals surface area contributed by atoms with Crippen molar-refractivity contribution in [2.45, 2.75) is 46.1 Å². The number of rotatable bonds is 3. The van der Waals surface area contributed by atoms with Crippen LogP contribution in [0, 0.1) is 17.8 Å². The zero-order valence-corrected chi connectivity index (χ0v) is 9.84. The van der Waals surface area contributed by atoms with Gasteiger partial charge >= 0.3 is 0 Å². The number of hydrogen-bond acceptors (Lipinski definition) is 2. The molecular weight excluding hydrogens is 174 g/mol. The first-order valence-corrected chi connectivity index (χ1v) is 5.79. The van der Waals surface area contributed by atoms with Gasteiger partial charge in [-0.2, -0.15) is 0 Å². The summed E-state index contributed by atoms with van der Waals surface area (Å²) in [6, 6.07) is 0.607. The van der Waals surface area contributed by atoms with E-state index in [2.05, 4.69) is 19.2 Å². The predicted octanol–water partition coefficient (Wildman–Crippen LogP) is 2.24. The summed E-state index contributed by atoms with van der Waals surface area (Å²) in [5, 5.41) is 3.37. The highest BCUT2D eigenvalue weighted by molar-refractivity contribution is 5.78. The van der Waals surface area contributed by atoms with Crippen molar-refractivity contribution in [2.75, 3.05) is 7.05 Å². The number of hydrogen-bond donors (Lipinski definition) is 1. The van der Waals surface area contributed by atoms with Crippen LogP contribution in [-0.2, 0) is 4.79 Å². The molecule has 0 aromatic heterocycles. The van der Waals surface area contributed by atoms with Gasteiger partial charge in [0.1, 0.15) is 5.78 Å². The minimum atomic E-state index is 0.319. The molecule has 0 aromatic carbocycles. The fraction of sp³-hybridized carbons (Fsp3) is 0.917. The SMILES string of the molecule is CCC1C(C)C(NC)CC[C@H]1C(C)=O. The second kappa shape index (κ2) is 4.92. The van der Waals surface area contributed by atoms with E-state index < -0.39 is 0 Å². The lowest BCUT2D eigenvalue weighted by atomic mass is 9.68. The van der Waals surface area contributed by atoms with E-state index in [1.165, 1.54) is 0 Å². The third-order valence-corrected chi connectivity index (χ3v) is 3.98. The van der Waals surface area contributed by atoms with Crippen LogP contribution in [0.4, 0.5) is 0 Å². The maximum absolute atomic E-state index is 11.5. The number of ketones is 1. The maximum Gasteiger partial charge on any atom is 0.133 e. The van der Waals surface area contributed by atoms with Gasteiger partial charge in [-0.05, 0) is 38.6 Å². The zero-order chi connectivity index (χ0) is 10.7. The Bertz CT molecular complexity index is 202. The molecule has 3 unspecified atom stereocenters. The van der Waals surface area contributed by atoms with Crippen LogP contribution in [0.2, 0.25) is 0 Å². The average molecular weight is 197 g/mol. The Kier molecular flexibility index (Phi) is 4.11. The highest BCUT2D eigenvalue weighted by atomic mass is 16.1. The summed E-state index contributed by atoms with van der Waals surface area (Å²) in [5.41, 5.74) is 0. The van der Waals surface area contributed by atoms with Crippen LogP contribution in [0.5, 0.6) is 0 Å². The molecule has 1 fully saturated rings. The largest absolute Gasteiger partial charge is 0.317 e. The second-order valence-electron chi connectivity index (χ2n) is 4.62. The highest BCUT2D eigenvalue weighted by Crippen LogP contribution is 2.37. The van der Waals surface area contributed by atoms with Crippen molar-refractivity contribution < 1.29 is 4.79 Å². The van der Waals surface area contributed by atoms with E-state index >= 15 is 0 Å². The Morgan fingerprint density at radius 2 is 2.07 bits per heavy atom. The van der Waals surface area contributed by atoms with E-state index in [4.69, 9.17) is 0 Å². The molecule has 0 radical (unpaired) electrons. The lowest BCUT2D eigenvalue weighted by Gasteiger charge is -2.40. The van der Waals surface area contributed by atoms with Crippen LogP contribution < -0.4 is 5.32 Å². The van der Waals surface area contributed by atoms with Crippen molar-refractivity contribution in [3.8, 4) is 0 Å². The van der Waals surface area contributed by atoms with E-state index in [0.717, 1.165) is 19.3 Å². The minimum absolute atomic E-state index is 0.319. The third kappa shape index (κ3) is 2.17. The lowest BCUT2D eigenvalue weighted by molar-refractivity contribution is -0.124. The molecule has 0 aliphatic heterocycles. The van der Waals surface area contributed by atoms with Gasteiger partial charge in [-0.3, -0.25) is 4.79 Å². The van der Waals surface area contributed by atoms with Gasteiger partial charge in [0.2, 0.25) is 0 Å². The van der Waals surface area contributed by atoms with E-state index in [0.29, 0.717) is 29.6 Å². The fourth-order valence-electron chi connectivity index (χ4n) is 3.07. The van der Waals surface area contributed by atoms with Crippen LogP contribution in [0.15, 0.2) is 0 Å². The fourth-order valence-corrected chi connectivity index (χ4v) is 3.07. The quantitative estimate of drug-likeness (QED) is 0.751. The Morgan fingerprint density at radius 3 is 2.50 bits per heavy atom. The molecule has 2 nitrogen and oxygen atoms in total. The highest BCUT2D eigenvalue weighted by Gasteiger charge is 2.36. The first kappa shape index (κ1) is 11.7. The van der Waals surface area contributed by atoms with Gasteiger partial charge in [-0.1, -0.05) is 20.3 Å². The number of Topliss-reactive ketones (excluding diaryl/α,β-unsaturated/α-hetero) is 1. The van der Waals surface area contributed by atoms with Gasteiger partial charge in [0.25, 0.3) is 0 Å². The first-order valence-electron chi connectivity index (χ1n) is 5.79. The van der Waals surface area contributed by atoms with Gasteiger partial charge in [0, 0.05) is 12.0 Å². The van der Waals surface area contributed by atoms with Crippen molar-refractivity contribution in [1.29, 1.82) is 0 Å². The Morgan fingerprint density at radius 1 is 1.43 bits per heavy atom. The molecule has 0 bridgehead atoms. The summed E-state index contributed by atoms with van der Waals surface area (Å²) in [5.74, 6) is 1.92. The van der Waals surface area contributed by atoms with Crippen molar-refractivity contribution in [3.63, 3.8) is 0 Å². The number of carbonyl (C=O) groups excluding carboxylic acids is 1. The Balaban J connectivity index is 2.72. The normalized spacial score (nSPS) is 38.3. The van der Waals surface area contributed by atoms with Crippen LogP contribution >= 0.6 is 0 Å². The summed E-state index contributed by atoms with van der Waals surface area (Å²) in [7, 11) is 2.03. The molecular formula is C12H23NO. The smallest absolute Gasteiger partial charge is 0.133 e. The van der Waals surface area contributed by atoms with Crippen LogP contribution in [0.25, 0.3) is 0 Å². The third-order valence-electron chi connectivity index (χ3n) is 3.98. The molecule has 1 aliphatic rings. The van der Waals surface area contributed by atoms with Gasteiger partial charge in [0.15, 0.2) is 0 Å². The van der Waals surface area contributed by atoms with Crippen LogP contribution in [0.1, 0.15) is 40.0 Å². The molecule has 0 saturated heterocycles. The Labute approximate surface area is 87.5 Å². The van der Waals surface area contributed by atoms with Gasteiger partial charge in [0.05, 0.1) is 0 Å². The van der Waals surface area contributed by atoms with Crippen LogP contribution in [0.3, 0.4) is 0 Å². The van der Waals surface area contributed by atoms with E-state index in [1.54, 1.807) is 6.92 Å². The van der Waals surface area contributed by atoms with Gasteiger partial charge < -0.3 is 5.32 Å². The molecule has 14 heavy (non-hydrogen) atoms. The van der Waals surface area contributed by atoms with Crippen molar-refractivity contribution in [2.24, 2.45) is 17.8 Å². The van der Waals surface area contributed by atoms with Crippen molar-refractivity contribution in [3.05, 3.63) is 0 Å². The lowest BCUT2D eigenvalue weighted by Crippen LogP contribution is -2.44. The summed E-state index contributed by atoms with van der Waals surface area (Å²) in [4.78, 5) is 11.5. The second-order valence-corrected chi connectivity index (χ2v) is 4.62. The molecule has 0 amide bonds. The number of nitrogens with one attached hydrogen (secondary N) is 1. The average Bonchev–Trinajstić information content (AvgIpc) is 2.17. The molecule has 1 aliphatic carbocycles. The van der Waals surface area contributed by atoms with E-state index in [9.17, 15) is 4.79 Å². The molecule has 0 spiro atoms. The molecule has 82 valence electrons. The topological polar surface area (TPSA) is 29.1 Å². The molecule has 0 heterocycles. The molecule has 1 rings (SSSR count). The summed E-state index contributed by atoms with van der Waals surface area (Å²) < 4.78 is 0. The monoisotopic (exact) mass is 197 g/mol. The first-order chi connectivity index (χ1) is 6.61. The van der Waals surface area contributed by atoms with Crippen molar-refractivity contribution >= 4 is 5.78 Å². The van der Waals surface area contributed by atoms with Gasteiger partial charge in [-0.25, -0.2) is 0 Å². The maximum atomic E-state index is 11.5. The summed E-state index contributed by atoms with van der Waals surface area (Å²) in [6.45, 7) is 6.24. The number of carbonyl (C=O) groups is 1. The standard InChI is InChI=1S/C12H23NO/c1-5-10-8(2)12(13-4)7-6-11(10)9(3)14/h8,10-13H,5-7H2,1-4H3/t8?,10?,11-,12?/m0/s1. The van der Waals surface area contributed by atoms with Crippen molar-refractivity contribution in [1.82, 2.24) is 5.32 Å². The van der Waals surface area contributed by atoms with Gasteiger partial charge in [-0.15, -0.1) is 0 Å². The molecule has 2 heteroatoms. The molecule has 1 saturated carbocycles. The summed E-state index contributed by atoms with van der Waals surface area (Å²) >= 11 is 0. The zero-order valence-electron chi connectivity index (χ0n) is 9.84. The van der Waals surface area contributed by atoms with E-state index in [1.807, 2.05) is 7.05 Å². The van der Waals surface area contributed by atoms with Crippen LogP contribution in [-0.4, -0.2) is 18.9 Å². The minimum Gasteiger partial charge on any atom is -0.317 e. The predicted molar refractivity (Wildman–Crippen MR) is 59.2 cm³/mol. The molecule has 4 atom stereocenters. The summed E-state index contributed by atoms with van der Waals surface area (Å²) in [6.07, 6.45) is 3.35. The molecule has 1 N–H and O–H groups in total. The molecule has 0 aromatic rings. The van der Waals surface area contributed by atoms with E-state index in [-0.39, 0.29) is 0 Å².